The van der Waals surface area contributed by atoms with Crippen molar-refractivity contribution in [3.05, 3.63) is 39.9 Å². The smallest absolute Gasteiger partial charge is 0.211 e. The van der Waals surface area contributed by atoms with Crippen molar-refractivity contribution in [1.29, 1.82) is 0 Å². The third-order valence-corrected chi connectivity index (χ3v) is 4.61. The van der Waals surface area contributed by atoms with E-state index in [1.54, 1.807) is 11.3 Å². The van der Waals surface area contributed by atoms with Crippen molar-refractivity contribution in [2.75, 3.05) is 18.0 Å². The molecule has 1 aromatic heterocycles. The van der Waals surface area contributed by atoms with E-state index in [2.05, 4.69) is 11.8 Å². The maximum Gasteiger partial charge on any atom is 0.211 e. The average Bonchev–Trinajstić information content (AvgIpc) is 2.39. The van der Waals surface area contributed by atoms with Crippen LogP contribution in [0, 0.1) is 5.92 Å². The standard InChI is InChI=1S/C15H17NOS/c1-11-5-4-8-16(9-11)13-10-18-14-7-3-2-6-12(14)15(13)17/h2-3,6-7,10-11H,4-5,8-9H2,1H3/t11-/m1/s1. The van der Waals surface area contributed by atoms with Gasteiger partial charge < -0.3 is 4.90 Å². The maximum atomic E-state index is 12.5. The van der Waals surface area contributed by atoms with Crippen LogP contribution in [-0.4, -0.2) is 13.1 Å². The summed E-state index contributed by atoms with van der Waals surface area (Å²) in [5.41, 5.74) is 1.09. The molecule has 18 heavy (non-hydrogen) atoms. The number of benzene rings is 1. The second-order valence-corrected chi connectivity index (χ2v) is 6.05. The van der Waals surface area contributed by atoms with E-state index in [4.69, 9.17) is 0 Å². The van der Waals surface area contributed by atoms with E-state index in [0.29, 0.717) is 5.92 Å². The number of hydrogen-bond donors (Lipinski definition) is 0. The van der Waals surface area contributed by atoms with Crippen LogP contribution in [0.15, 0.2) is 34.4 Å². The Morgan fingerprint density at radius 1 is 1.33 bits per heavy atom. The molecule has 1 aliphatic heterocycles. The summed E-state index contributed by atoms with van der Waals surface area (Å²) in [6.45, 7) is 4.30. The molecule has 0 spiro atoms. The second-order valence-electron chi connectivity index (χ2n) is 5.14. The monoisotopic (exact) mass is 259 g/mol. The molecule has 0 amide bonds. The Hall–Kier alpha value is -1.35. The van der Waals surface area contributed by atoms with E-state index in [0.717, 1.165) is 28.9 Å². The molecular weight excluding hydrogens is 242 g/mol. The molecule has 1 aromatic carbocycles. The van der Waals surface area contributed by atoms with Crippen molar-refractivity contribution in [3.8, 4) is 0 Å². The quantitative estimate of drug-likeness (QED) is 0.781. The summed E-state index contributed by atoms with van der Waals surface area (Å²) in [5.74, 6) is 0.689. The zero-order chi connectivity index (χ0) is 12.5. The van der Waals surface area contributed by atoms with Crippen molar-refractivity contribution in [1.82, 2.24) is 0 Å². The topological polar surface area (TPSA) is 20.3 Å². The van der Waals surface area contributed by atoms with E-state index in [9.17, 15) is 4.79 Å². The van der Waals surface area contributed by atoms with E-state index in [-0.39, 0.29) is 5.43 Å². The Labute approximate surface area is 111 Å². The summed E-state index contributed by atoms with van der Waals surface area (Å²) < 4.78 is 1.08. The van der Waals surface area contributed by atoms with Crippen LogP contribution in [-0.2, 0) is 0 Å². The Morgan fingerprint density at radius 2 is 2.17 bits per heavy atom. The van der Waals surface area contributed by atoms with Gasteiger partial charge in [0.1, 0.15) is 0 Å². The fourth-order valence-electron chi connectivity index (χ4n) is 2.69. The van der Waals surface area contributed by atoms with Crippen LogP contribution >= 0.6 is 11.3 Å². The molecule has 1 aliphatic rings. The van der Waals surface area contributed by atoms with Crippen LogP contribution in [0.2, 0.25) is 0 Å². The molecule has 2 aromatic rings. The number of anilines is 1. The van der Waals surface area contributed by atoms with Gasteiger partial charge in [0, 0.05) is 28.6 Å². The number of fused-ring (bicyclic) bond motifs is 1. The first-order chi connectivity index (χ1) is 8.75. The summed E-state index contributed by atoms with van der Waals surface area (Å²) in [6.07, 6.45) is 2.47. The van der Waals surface area contributed by atoms with Gasteiger partial charge in [0.25, 0.3) is 0 Å². The van der Waals surface area contributed by atoms with Crippen LogP contribution in [0.25, 0.3) is 10.1 Å². The van der Waals surface area contributed by atoms with Crippen LogP contribution in [0.5, 0.6) is 0 Å². The van der Waals surface area contributed by atoms with Gasteiger partial charge in [0.2, 0.25) is 5.43 Å². The summed E-state index contributed by atoms with van der Waals surface area (Å²) in [4.78, 5) is 14.8. The SMILES string of the molecule is C[C@@H]1CCCN(c2csc3ccccc3c2=O)C1. The van der Waals surface area contributed by atoms with Gasteiger partial charge in [-0.25, -0.2) is 0 Å². The predicted molar refractivity (Wildman–Crippen MR) is 78.7 cm³/mol. The van der Waals surface area contributed by atoms with Crippen molar-refractivity contribution >= 4 is 27.1 Å². The van der Waals surface area contributed by atoms with Crippen molar-refractivity contribution in [2.45, 2.75) is 19.8 Å². The maximum absolute atomic E-state index is 12.5. The Kier molecular flexibility index (Phi) is 3.08. The highest BCUT2D eigenvalue weighted by atomic mass is 32.1. The molecule has 3 heteroatoms. The van der Waals surface area contributed by atoms with Gasteiger partial charge in [0.05, 0.1) is 5.69 Å². The number of rotatable bonds is 1. The Balaban J connectivity index is 2.07. The molecule has 2 nitrogen and oxygen atoms in total. The highest BCUT2D eigenvalue weighted by Gasteiger charge is 2.19. The molecule has 1 saturated heterocycles. The molecule has 0 aliphatic carbocycles. The molecule has 0 unspecified atom stereocenters. The fraction of sp³-hybridized carbons (Fsp3) is 0.400. The molecule has 0 bridgehead atoms. The van der Waals surface area contributed by atoms with Gasteiger partial charge in [-0.15, -0.1) is 11.3 Å². The molecule has 1 fully saturated rings. The predicted octanol–water partition coefficient (Wildman–Crippen LogP) is 3.50. The fourth-order valence-corrected chi connectivity index (χ4v) is 3.63. The van der Waals surface area contributed by atoms with Gasteiger partial charge in [-0.05, 0) is 30.9 Å². The molecule has 2 heterocycles. The first-order valence-corrected chi connectivity index (χ1v) is 7.39. The van der Waals surface area contributed by atoms with Gasteiger partial charge in [-0.3, -0.25) is 4.79 Å². The van der Waals surface area contributed by atoms with Gasteiger partial charge in [-0.2, -0.15) is 0 Å². The van der Waals surface area contributed by atoms with Gasteiger partial charge >= 0.3 is 0 Å². The molecule has 3 rings (SSSR count). The Bertz CT molecular complexity index is 619. The lowest BCUT2D eigenvalue weighted by Crippen LogP contribution is -2.36. The normalized spacial score (nSPS) is 20.3. The minimum Gasteiger partial charge on any atom is -0.367 e. The third-order valence-electron chi connectivity index (χ3n) is 3.66. The highest BCUT2D eigenvalue weighted by molar-refractivity contribution is 7.16. The van der Waals surface area contributed by atoms with Crippen LogP contribution in [0.1, 0.15) is 19.8 Å². The molecule has 0 N–H and O–H groups in total. The van der Waals surface area contributed by atoms with Crippen molar-refractivity contribution in [2.24, 2.45) is 5.92 Å². The van der Waals surface area contributed by atoms with E-state index < -0.39 is 0 Å². The summed E-state index contributed by atoms with van der Waals surface area (Å²) in [7, 11) is 0. The lowest BCUT2D eigenvalue weighted by atomic mass is 10.00. The molecule has 94 valence electrons. The first-order valence-electron chi connectivity index (χ1n) is 6.51. The highest BCUT2D eigenvalue weighted by Crippen LogP contribution is 2.25. The molecule has 0 radical (unpaired) electrons. The summed E-state index contributed by atoms with van der Waals surface area (Å²) in [6, 6.07) is 7.88. The summed E-state index contributed by atoms with van der Waals surface area (Å²) >= 11 is 1.67. The second kappa shape index (κ2) is 4.73. The zero-order valence-corrected chi connectivity index (χ0v) is 11.4. The number of nitrogens with zero attached hydrogens (tertiary/aromatic N) is 1. The Morgan fingerprint density at radius 3 is 3.00 bits per heavy atom. The largest absolute Gasteiger partial charge is 0.367 e. The lowest BCUT2D eigenvalue weighted by molar-refractivity contribution is 0.446. The van der Waals surface area contributed by atoms with Crippen molar-refractivity contribution in [3.63, 3.8) is 0 Å². The van der Waals surface area contributed by atoms with E-state index in [1.165, 1.54) is 12.8 Å². The number of piperidine rings is 1. The van der Waals surface area contributed by atoms with Crippen LogP contribution in [0.4, 0.5) is 5.69 Å². The van der Waals surface area contributed by atoms with Gasteiger partial charge in [0.15, 0.2) is 0 Å². The zero-order valence-electron chi connectivity index (χ0n) is 10.6. The van der Waals surface area contributed by atoms with E-state index >= 15 is 0 Å². The van der Waals surface area contributed by atoms with Crippen molar-refractivity contribution < 1.29 is 0 Å². The molecule has 0 saturated carbocycles. The van der Waals surface area contributed by atoms with Gasteiger partial charge in [-0.1, -0.05) is 19.1 Å². The van der Waals surface area contributed by atoms with Crippen LogP contribution in [0.3, 0.4) is 0 Å². The minimum absolute atomic E-state index is 0.193. The summed E-state index contributed by atoms with van der Waals surface area (Å²) in [5, 5.41) is 2.89. The first kappa shape index (κ1) is 11.7. The molecule has 1 atom stereocenters. The third kappa shape index (κ3) is 2.03. The average molecular weight is 259 g/mol. The van der Waals surface area contributed by atoms with E-state index in [1.807, 2.05) is 29.6 Å². The molecular formula is C15H17NOS. The lowest BCUT2D eigenvalue weighted by Gasteiger charge is -2.32. The number of hydrogen-bond acceptors (Lipinski definition) is 3. The van der Waals surface area contributed by atoms with Crippen LogP contribution < -0.4 is 10.3 Å². The minimum atomic E-state index is 0.193.